The average Bonchev–Trinajstić information content (AvgIpc) is 2.83. The number of benzene rings is 2. The zero-order valence-corrected chi connectivity index (χ0v) is 12.8. The first-order chi connectivity index (χ1) is 10.5. The van der Waals surface area contributed by atoms with Crippen LogP contribution < -0.4 is 16.0 Å². The molecule has 112 valence electrons. The van der Waals surface area contributed by atoms with Gasteiger partial charge < -0.3 is 16.0 Å². The molecule has 0 saturated heterocycles. The summed E-state index contributed by atoms with van der Waals surface area (Å²) in [5, 5.41) is 9.35. The van der Waals surface area contributed by atoms with E-state index in [-0.39, 0.29) is 5.91 Å². The van der Waals surface area contributed by atoms with E-state index in [2.05, 4.69) is 42.4 Å². The van der Waals surface area contributed by atoms with Gasteiger partial charge in [0.25, 0.3) is 0 Å². The standard InChI is InChI=1S/C18H19N3O/c1-11-5-4-6-16(12(11)2)20-13(3)19-15-7-8-17-14(9-15)10-18(22)21-17/h4-9,19-20H,3,10H2,1-2H3,(H,21,22). The summed E-state index contributed by atoms with van der Waals surface area (Å²) < 4.78 is 0. The Kier molecular flexibility index (Phi) is 3.59. The number of anilines is 3. The number of aryl methyl sites for hydroxylation is 1. The molecule has 0 aromatic heterocycles. The normalized spacial score (nSPS) is 12.5. The van der Waals surface area contributed by atoms with Crippen LogP contribution in [0.2, 0.25) is 0 Å². The largest absolute Gasteiger partial charge is 0.342 e. The van der Waals surface area contributed by atoms with E-state index in [0.29, 0.717) is 12.2 Å². The van der Waals surface area contributed by atoms with Gasteiger partial charge in [-0.3, -0.25) is 4.79 Å². The number of nitrogens with one attached hydrogen (secondary N) is 3. The average molecular weight is 293 g/mol. The van der Waals surface area contributed by atoms with E-state index in [1.807, 2.05) is 30.3 Å². The van der Waals surface area contributed by atoms with Crippen LogP contribution in [-0.2, 0) is 11.2 Å². The molecule has 2 aromatic rings. The second-order valence-corrected chi connectivity index (χ2v) is 5.57. The molecular formula is C18H19N3O. The van der Waals surface area contributed by atoms with Crippen molar-refractivity contribution in [2.24, 2.45) is 0 Å². The van der Waals surface area contributed by atoms with E-state index >= 15 is 0 Å². The Morgan fingerprint density at radius 3 is 2.82 bits per heavy atom. The fourth-order valence-corrected chi connectivity index (χ4v) is 2.56. The van der Waals surface area contributed by atoms with Gasteiger partial charge in [0.1, 0.15) is 5.82 Å². The first kappa shape index (κ1) is 14.2. The van der Waals surface area contributed by atoms with Gasteiger partial charge >= 0.3 is 0 Å². The number of carbonyl (C=O) groups is 1. The van der Waals surface area contributed by atoms with Gasteiger partial charge in [0.05, 0.1) is 6.42 Å². The second-order valence-electron chi connectivity index (χ2n) is 5.57. The van der Waals surface area contributed by atoms with Crippen molar-refractivity contribution >= 4 is 23.0 Å². The Bertz CT molecular complexity index is 765. The highest BCUT2D eigenvalue weighted by molar-refractivity contribution is 5.99. The fourth-order valence-electron chi connectivity index (χ4n) is 2.56. The lowest BCUT2D eigenvalue weighted by Crippen LogP contribution is -2.09. The summed E-state index contributed by atoms with van der Waals surface area (Å²) in [7, 11) is 0. The summed E-state index contributed by atoms with van der Waals surface area (Å²) in [5.41, 5.74) is 6.29. The fraction of sp³-hybridized carbons (Fsp3) is 0.167. The molecule has 2 aromatic carbocycles. The Morgan fingerprint density at radius 2 is 2.00 bits per heavy atom. The van der Waals surface area contributed by atoms with Gasteiger partial charge in [0.15, 0.2) is 0 Å². The van der Waals surface area contributed by atoms with Crippen LogP contribution in [0, 0.1) is 13.8 Å². The van der Waals surface area contributed by atoms with Gasteiger partial charge in [0.2, 0.25) is 5.91 Å². The molecule has 0 fully saturated rings. The summed E-state index contributed by atoms with van der Waals surface area (Å²) in [6.07, 6.45) is 0.432. The predicted molar refractivity (Wildman–Crippen MR) is 91.1 cm³/mol. The lowest BCUT2D eigenvalue weighted by molar-refractivity contribution is -0.115. The summed E-state index contributed by atoms with van der Waals surface area (Å²) in [4.78, 5) is 11.4. The van der Waals surface area contributed by atoms with Gasteiger partial charge in [-0.2, -0.15) is 0 Å². The molecule has 22 heavy (non-hydrogen) atoms. The summed E-state index contributed by atoms with van der Waals surface area (Å²) in [6.45, 7) is 8.19. The first-order valence-corrected chi connectivity index (χ1v) is 7.25. The maximum atomic E-state index is 11.4. The van der Waals surface area contributed by atoms with Crippen molar-refractivity contribution in [2.75, 3.05) is 16.0 Å². The van der Waals surface area contributed by atoms with Crippen molar-refractivity contribution in [3.8, 4) is 0 Å². The van der Waals surface area contributed by atoms with Crippen molar-refractivity contribution in [2.45, 2.75) is 20.3 Å². The lowest BCUT2D eigenvalue weighted by Gasteiger charge is -2.15. The number of amides is 1. The first-order valence-electron chi connectivity index (χ1n) is 7.25. The molecule has 4 nitrogen and oxygen atoms in total. The summed E-state index contributed by atoms with van der Waals surface area (Å²) in [5.74, 6) is 0.741. The Hall–Kier alpha value is -2.75. The summed E-state index contributed by atoms with van der Waals surface area (Å²) in [6, 6.07) is 11.9. The Labute approximate surface area is 130 Å². The van der Waals surface area contributed by atoms with Crippen LogP contribution in [0.4, 0.5) is 17.1 Å². The quantitative estimate of drug-likeness (QED) is 0.804. The maximum absolute atomic E-state index is 11.4. The van der Waals surface area contributed by atoms with E-state index in [1.54, 1.807) is 0 Å². The van der Waals surface area contributed by atoms with Gasteiger partial charge in [0, 0.05) is 17.1 Å². The Balaban J connectivity index is 1.71. The summed E-state index contributed by atoms with van der Waals surface area (Å²) >= 11 is 0. The predicted octanol–water partition coefficient (Wildman–Crippen LogP) is 3.79. The second kappa shape index (κ2) is 5.56. The molecule has 0 unspecified atom stereocenters. The minimum atomic E-state index is 0.0412. The number of rotatable bonds is 4. The molecule has 0 atom stereocenters. The molecule has 1 aliphatic heterocycles. The highest BCUT2D eigenvalue weighted by Gasteiger charge is 2.17. The molecule has 1 amide bonds. The maximum Gasteiger partial charge on any atom is 0.228 e. The third-order valence-corrected chi connectivity index (χ3v) is 3.92. The van der Waals surface area contributed by atoms with Crippen molar-refractivity contribution < 1.29 is 4.79 Å². The van der Waals surface area contributed by atoms with Crippen molar-refractivity contribution in [1.29, 1.82) is 0 Å². The molecule has 0 spiro atoms. The van der Waals surface area contributed by atoms with Crippen LogP contribution in [0.25, 0.3) is 0 Å². The van der Waals surface area contributed by atoms with Crippen LogP contribution in [0.1, 0.15) is 16.7 Å². The zero-order chi connectivity index (χ0) is 15.7. The number of hydrogen-bond acceptors (Lipinski definition) is 3. The van der Waals surface area contributed by atoms with Crippen molar-refractivity contribution in [3.05, 3.63) is 65.5 Å². The SMILES string of the molecule is C=C(Nc1ccc2c(c1)CC(=O)N2)Nc1cccc(C)c1C. The minimum Gasteiger partial charge on any atom is -0.342 e. The van der Waals surface area contributed by atoms with Crippen LogP contribution in [0.5, 0.6) is 0 Å². The lowest BCUT2D eigenvalue weighted by atomic mass is 10.1. The van der Waals surface area contributed by atoms with Crippen LogP contribution in [-0.4, -0.2) is 5.91 Å². The topological polar surface area (TPSA) is 53.2 Å². The van der Waals surface area contributed by atoms with Crippen molar-refractivity contribution in [3.63, 3.8) is 0 Å². The molecule has 1 aliphatic rings. The van der Waals surface area contributed by atoms with E-state index < -0.39 is 0 Å². The van der Waals surface area contributed by atoms with Crippen molar-refractivity contribution in [1.82, 2.24) is 0 Å². The third kappa shape index (κ3) is 2.81. The zero-order valence-electron chi connectivity index (χ0n) is 12.8. The van der Waals surface area contributed by atoms with E-state index in [9.17, 15) is 4.79 Å². The van der Waals surface area contributed by atoms with E-state index in [1.165, 1.54) is 11.1 Å². The van der Waals surface area contributed by atoms with E-state index in [0.717, 1.165) is 22.6 Å². The monoisotopic (exact) mass is 293 g/mol. The molecule has 4 heteroatoms. The molecule has 0 radical (unpaired) electrons. The van der Waals surface area contributed by atoms with Gasteiger partial charge in [-0.15, -0.1) is 0 Å². The van der Waals surface area contributed by atoms with Gasteiger partial charge in [-0.25, -0.2) is 0 Å². The molecule has 0 bridgehead atoms. The number of carbonyl (C=O) groups excluding carboxylic acids is 1. The van der Waals surface area contributed by atoms with Crippen LogP contribution in [0.3, 0.4) is 0 Å². The highest BCUT2D eigenvalue weighted by atomic mass is 16.1. The Morgan fingerprint density at radius 1 is 1.18 bits per heavy atom. The smallest absolute Gasteiger partial charge is 0.228 e. The number of fused-ring (bicyclic) bond motifs is 1. The molecular weight excluding hydrogens is 274 g/mol. The van der Waals surface area contributed by atoms with Crippen LogP contribution >= 0.6 is 0 Å². The number of hydrogen-bond donors (Lipinski definition) is 3. The van der Waals surface area contributed by atoms with Gasteiger partial charge in [-0.05, 0) is 54.8 Å². The molecule has 0 aliphatic carbocycles. The van der Waals surface area contributed by atoms with E-state index in [4.69, 9.17) is 0 Å². The minimum absolute atomic E-state index is 0.0412. The molecule has 3 N–H and O–H groups in total. The van der Waals surface area contributed by atoms with Gasteiger partial charge in [-0.1, -0.05) is 18.7 Å². The molecule has 3 rings (SSSR count). The molecule has 1 heterocycles. The highest BCUT2D eigenvalue weighted by Crippen LogP contribution is 2.27. The third-order valence-electron chi connectivity index (χ3n) is 3.92. The van der Waals surface area contributed by atoms with Crippen LogP contribution in [0.15, 0.2) is 48.8 Å². The molecule has 0 saturated carbocycles.